The number of benzene rings is 1. The van der Waals surface area contributed by atoms with E-state index >= 15 is 0 Å². The lowest BCUT2D eigenvalue weighted by Crippen LogP contribution is -2.56. The molecule has 0 aromatic heterocycles. The molecule has 1 fully saturated rings. The van der Waals surface area contributed by atoms with Crippen molar-refractivity contribution in [3.05, 3.63) is 22.3 Å². The molecular formula is C20H31ClN2O3. The van der Waals surface area contributed by atoms with Gasteiger partial charge in [0.15, 0.2) is 5.60 Å². The van der Waals surface area contributed by atoms with Gasteiger partial charge in [0.1, 0.15) is 11.5 Å². The van der Waals surface area contributed by atoms with Gasteiger partial charge in [-0.2, -0.15) is 0 Å². The summed E-state index contributed by atoms with van der Waals surface area (Å²) in [6.07, 6.45) is 3.49. The minimum Gasteiger partial charge on any atom is -0.507 e. The molecule has 0 spiro atoms. The quantitative estimate of drug-likeness (QED) is 0.825. The van der Waals surface area contributed by atoms with E-state index in [4.69, 9.17) is 4.74 Å². The molecule has 2 atom stereocenters. The zero-order valence-corrected chi connectivity index (χ0v) is 17.3. The van der Waals surface area contributed by atoms with Gasteiger partial charge < -0.3 is 20.1 Å². The van der Waals surface area contributed by atoms with Gasteiger partial charge in [-0.3, -0.25) is 4.79 Å². The number of nitrogens with zero attached hydrogens (tertiary/aromatic N) is 1. The van der Waals surface area contributed by atoms with Crippen molar-refractivity contribution >= 4 is 18.3 Å². The fourth-order valence-corrected chi connectivity index (χ4v) is 4.03. The SMILES string of the molecule is Cc1c(C)c2c(c(C)c1O)CCC(C)(C(=O)NC1CCCN(C)C1)O2.Cl. The standard InChI is InChI=1S/C20H30N2O3.ClH/c1-12-13(2)18-16(14(3)17(12)23)8-9-20(4,25-18)19(24)21-15-7-6-10-22(5)11-15;/h15,23H,6-11H2,1-5H3,(H,21,24);1H. The van der Waals surface area contributed by atoms with Crippen molar-refractivity contribution < 1.29 is 14.6 Å². The van der Waals surface area contributed by atoms with Crippen LogP contribution in [0.1, 0.15) is 48.4 Å². The maximum atomic E-state index is 12.9. The average Bonchev–Trinajstić information content (AvgIpc) is 2.58. The van der Waals surface area contributed by atoms with E-state index in [1.54, 1.807) is 0 Å². The van der Waals surface area contributed by atoms with E-state index in [0.717, 1.165) is 60.4 Å². The third-order valence-corrected chi connectivity index (χ3v) is 5.96. The summed E-state index contributed by atoms with van der Waals surface area (Å²) in [7, 11) is 2.09. The number of carbonyl (C=O) groups excluding carboxylic acids is 1. The summed E-state index contributed by atoms with van der Waals surface area (Å²) in [6.45, 7) is 9.63. The minimum atomic E-state index is -0.858. The Balaban J connectivity index is 0.00000243. The number of piperidine rings is 1. The topological polar surface area (TPSA) is 61.8 Å². The number of phenols is 1. The minimum absolute atomic E-state index is 0. The van der Waals surface area contributed by atoms with Gasteiger partial charge in [-0.1, -0.05) is 0 Å². The van der Waals surface area contributed by atoms with Crippen LogP contribution < -0.4 is 10.1 Å². The number of amides is 1. The molecule has 0 bridgehead atoms. The number of rotatable bonds is 2. The largest absolute Gasteiger partial charge is 0.507 e. The summed E-state index contributed by atoms with van der Waals surface area (Å²) in [5, 5.41) is 13.5. The molecular weight excluding hydrogens is 352 g/mol. The van der Waals surface area contributed by atoms with Crippen molar-refractivity contribution in [1.29, 1.82) is 0 Å². The molecule has 1 saturated heterocycles. The highest BCUT2D eigenvalue weighted by Crippen LogP contribution is 2.43. The maximum absolute atomic E-state index is 12.9. The van der Waals surface area contributed by atoms with Gasteiger partial charge in [-0.15, -0.1) is 12.4 Å². The Hall–Kier alpha value is -1.46. The van der Waals surface area contributed by atoms with Crippen LogP contribution in [0.4, 0.5) is 0 Å². The zero-order chi connectivity index (χ0) is 18.4. The molecule has 2 aliphatic heterocycles. The van der Waals surface area contributed by atoms with E-state index < -0.39 is 5.60 Å². The van der Waals surface area contributed by atoms with Crippen molar-refractivity contribution in [2.24, 2.45) is 0 Å². The van der Waals surface area contributed by atoms with E-state index in [9.17, 15) is 9.90 Å². The van der Waals surface area contributed by atoms with E-state index in [0.29, 0.717) is 12.2 Å². The molecule has 1 aromatic carbocycles. The lowest BCUT2D eigenvalue weighted by molar-refractivity contribution is -0.138. The van der Waals surface area contributed by atoms with Crippen LogP contribution in [0.15, 0.2) is 0 Å². The number of ether oxygens (including phenoxy) is 1. The van der Waals surface area contributed by atoms with Gasteiger partial charge in [0.05, 0.1) is 0 Å². The Bertz CT molecular complexity index is 707. The molecule has 0 radical (unpaired) electrons. The van der Waals surface area contributed by atoms with E-state index in [-0.39, 0.29) is 24.4 Å². The van der Waals surface area contributed by atoms with Gasteiger partial charge in [-0.05, 0) is 77.2 Å². The first-order valence-electron chi connectivity index (χ1n) is 9.23. The van der Waals surface area contributed by atoms with Gasteiger partial charge in [-0.25, -0.2) is 0 Å². The highest BCUT2D eigenvalue weighted by atomic mass is 35.5. The Kier molecular flexibility index (Phi) is 6.13. The summed E-state index contributed by atoms with van der Waals surface area (Å²) in [5.41, 5.74) is 2.80. The second-order valence-corrected chi connectivity index (χ2v) is 7.94. The average molecular weight is 383 g/mol. The number of likely N-dealkylation sites (tertiary alicyclic amines) is 1. The number of hydrogen-bond donors (Lipinski definition) is 2. The monoisotopic (exact) mass is 382 g/mol. The third-order valence-electron chi connectivity index (χ3n) is 5.96. The summed E-state index contributed by atoms with van der Waals surface area (Å²) in [4.78, 5) is 15.2. The maximum Gasteiger partial charge on any atom is 0.264 e. The Morgan fingerprint density at radius 2 is 1.96 bits per heavy atom. The van der Waals surface area contributed by atoms with E-state index in [2.05, 4.69) is 17.3 Å². The highest BCUT2D eigenvalue weighted by molar-refractivity contribution is 5.86. The Morgan fingerprint density at radius 3 is 2.62 bits per heavy atom. The smallest absolute Gasteiger partial charge is 0.264 e. The highest BCUT2D eigenvalue weighted by Gasteiger charge is 2.41. The molecule has 146 valence electrons. The molecule has 1 amide bonds. The van der Waals surface area contributed by atoms with E-state index in [1.807, 2.05) is 27.7 Å². The predicted molar refractivity (Wildman–Crippen MR) is 106 cm³/mol. The van der Waals surface area contributed by atoms with Gasteiger partial charge >= 0.3 is 0 Å². The van der Waals surface area contributed by atoms with Crippen molar-refractivity contribution in [1.82, 2.24) is 10.2 Å². The normalized spacial score (nSPS) is 25.7. The molecule has 6 heteroatoms. The van der Waals surface area contributed by atoms with Crippen molar-refractivity contribution in [3.8, 4) is 11.5 Å². The van der Waals surface area contributed by atoms with Crippen LogP contribution in [0.5, 0.6) is 11.5 Å². The predicted octanol–water partition coefficient (Wildman–Crippen LogP) is 3.03. The number of fused-ring (bicyclic) bond motifs is 1. The first-order chi connectivity index (χ1) is 11.7. The van der Waals surface area contributed by atoms with Crippen molar-refractivity contribution in [2.45, 2.75) is 65.0 Å². The van der Waals surface area contributed by atoms with Crippen LogP contribution >= 0.6 is 12.4 Å². The molecule has 2 N–H and O–H groups in total. The number of halogens is 1. The number of aromatic hydroxyl groups is 1. The van der Waals surface area contributed by atoms with Crippen LogP contribution in [0.2, 0.25) is 0 Å². The number of hydrogen-bond acceptors (Lipinski definition) is 4. The lowest BCUT2D eigenvalue weighted by Gasteiger charge is -2.38. The number of phenolic OH excluding ortho intramolecular Hbond substituents is 1. The van der Waals surface area contributed by atoms with Crippen LogP contribution in [0.25, 0.3) is 0 Å². The van der Waals surface area contributed by atoms with Crippen LogP contribution in [0.3, 0.4) is 0 Å². The summed E-state index contributed by atoms with van der Waals surface area (Å²) < 4.78 is 6.26. The molecule has 2 aliphatic rings. The lowest BCUT2D eigenvalue weighted by atomic mass is 9.86. The number of carbonyl (C=O) groups is 1. The molecule has 5 nitrogen and oxygen atoms in total. The third kappa shape index (κ3) is 3.65. The van der Waals surface area contributed by atoms with Crippen LogP contribution in [-0.4, -0.2) is 47.7 Å². The van der Waals surface area contributed by atoms with E-state index in [1.165, 1.54) is 0 Å². The molecule has 1 aromatic rings. The molecule has 26 heavy (non-hydrogen) atoms. The fraction of sp³-hybridized carbons (Fsp3) is 0.650. The zero-order valence-electron chi connectivity index (χ0n) is 16.4. The van der Waals surface area contributed by atoms with Crippen molar-refractivity contribution in [2.75, 3.05) is 20.1 Å². The fourth-order valence-electron chi connectivity index (χ4n) is 4.03. The second-order valence-electron chi connectivity index (χ2n) is 7.94. The summed E-state index contributed by atoms with van der Waals surface area (Å²) >= 11 is 0. The van der Waals surface area contributed by atoms with Crippen molar-refractivity contribution in [3.63, 3.8) is 0 Å². The molecule has 0 saturated carbocycles. The summed E-state index contributed by atoms with van der Waals surface area (Å²) in [5.74, 6) is 1.09. The first kappa shape index (κ1) is 20.8. The Morgan fingerprint density at radius 1 is 1.27 bits per heavy atom. The second kappa shape index (κ2) is 7.65. The number of likely N-dealkylation sites (N-methyl/N-ethyl adjacent to an activating group) is 1. The summed E-state index contributed by atoms with van der Waals surface area (Å²) in [6, 6.07) is 0.192. The first-order valence-corrected chi connectivity index (χ1v) is 9.23. The molecule has 2 heterocycles. The molecule has 3 rings (SSSR count). The number of nitrogens with one attached hydrogen (secondary N) is 1. The van der Waals surface area contributed by atoms with Gasteiger partial charge in [0.25, 0.3) is 5.91 Å². The van der Waals surface area contributed by atoms with Crippen LogP contribution in [0, 0.1) is 20.8 Å². The molecule has 0 aliphatic carbocycles. The Labute approximate surface area is 162 Å². The van der Waals surface area contributed by atoms with Crippen LogP contribution in [-0.2, 0) is 11.2 Å². The van der Waals surface area contributed by atoms with Gasteiger partial charge in [0.2, 0.25) is 0 Å². The molecule has 2 unspecified atom stereocenters. The van der Waals surface area contributed by atoms with Gasteiger partial charge in [0, 0.05) is 24.6 Å².